The Morgan fingerprint density at radius 3 is 1.88 bits per heavy atom. The molecule has 0 radical (unpaired) electrons. The summed E-state index contributed by atoms with van der Waals surface area (Å²) in [5.74, 6) is 0.920. The lowest BCUT2D eigenvalue weighted by molar-refractivity contribution is 0.419. The summed E-state index contributed by atoms with van der Waals surface area (Å²) in [4.78, 5) is 0. The van der Waals surface area contributed by atoms with Crippen LogP contribution in [0.2, 0.25) is 0 Å². The minimum Gasteiger partial charge on any atom is -0.0919 e. The summed E-state index contributed by atoms with van der Waals surface area (Å²) < 4.78 is 0. The van der Waals surface area contributed by atoms with Gasteiger partial charge in [0.25, 0.3) is 0 Å². The molecule has 0 heterocycles. The molecule has 0 atom stereocenters. The summed E-state index contributed by atoms with van der Waals surface area (Å²) in [5, 5.41) is 0. The third kappa shape index (κ3) is 17.1. The number of rotatable bonds is 4. The van der Waals surface area contributed by atoms with E-state index in [0.29, 0.717) is 0 Å². The van der Waals surface area contributed by atoms with Gasteiger partial charge in [-0.1, -0.05) is 93.5 Å². The van der Waals surface area contributed by atoms with Gasteiger partial charge in [0.1, 0.15) is 0 Å². The van der Waals surface area contributed by atoms with E-state index in [1.54, 1.807) is 0 Å². The molecule has 1 aromatic carbocycles. The Bertz CT molecular complexity index is 426. The van der Waals surface area contributed by atoms with Crippen LogP contribution in [0.5, 0.6) is 0 Å². The fraction of sp³-hybridized carbons (Fsp3) is 0.520. The second-order valence-electron chi connectivity index (χ2n) is 6.18. The van der Waals surface area contributed by atoms with Crippen molar-refractivity contribution in [1.29, 1.82) is 0 Å². The van der Waals surface area contributed by atoms with Crippen LogP contribution in [0.3, 0.4) is 0 Å². The standard InChI is InChI=1S/C11H14.C9H16.C4H8.CH4/c1-2-3-5-8-11-9-6-4-7-10-11;1-2-6-9-7-4-3-5-8-9;1-3-4-2;/h2-4,6-7,9-10H,5,8H2,1H3;2,6,9H,3-5,7-8H2,1H3;3-4H,1-2H3;1H4. The molecule has 0 bridgehead atoms. The number of allylic oxidation sites excluding steroid dienone is 6. The van der Waals surface area contributed by atoms with Gasteiger partial charge >= 0.3 is 0 Å². The highest BCUT2D eigenvalue weighted by Crippen LogP contribution is 2.24. The normalized spacial score (nSPS) is 14.6. The van der Waals surface area contributed by atoms with Crippen LogP contribution >= 0.6 is 0 Å². The van der Waals surface area contributed by atoms with Crippen molar-refractivity contribution < 1.29 is 0 Å². The van der Waals surface area contributed by atoms with Crippen LogP contribution in [-0.2, 0) is 6.42 Å². The van der Waals surface area contributed by atoms with E-state index in [0.717, 1.165) is 18.8 Å². The third-order valence-electron chi connectivity index (χ3n) is 4.13. The molecule has 1 saturated carbocycles. The predicted octanol–water partition coefficient (Wildman–Crippen LogP) is 8.56. The lowest BCUT2D eigenvalue weighted by Gasteiger charge is -2.17. The Morgan fingerprint density at radius 2 is 1.40 bits per heavy atom. The molecule has 0 nitrogen and oxygen atoms in total. The Labute approximate surface area is 158 Å². The number of hydrogen-bond acceptors (Lipinski definition) is 0. The van der Waals surface area contributed by atoms with Gasteiger partial charge in [0.2, 0.25) is 0 Å². The largest absolute Gasteiger partial charge is 0.0919 e. The Balaban J connectivity index is 0. The van der Waals surface area contributed by atoms with Gasteiger partial charge in [-0.05, 0) is 64.9 Å². The zero-order chi connectivity index (χ0) is 17.9. The van der Waals surface area contributed by atoms with Crippen LogP contribution in [0, 0.1) is 5.92 Å². The second kappa shape index (κ2) is 20.5. The zero-order valence-corrected chi connectivity index (χ0v) is 16.4. The molecule has 1 aromatic rings. The highest BCUT2D eigenvalue weighted by atomic mass is 14.1. The molecule has 1 aliphatic rings. The molecule has 1 aliphatic carbocycles. The van der Waals surface area contributed by atoms with Crippen LogP contribution in [0.25, 0.3) is 0 Å². The highest BCUT2D eigenvalue weighted by Gasteiger charge is 2.08. The van der Waals surface area contributed by atoms with E-state index in [4.69, 9.17) is 0 Å². The zero-order valence-electron chi connectivity index (χ0n) is 16.4. The molecule has 0 unspecified atom stereocenters. The number of benzene rings is 1. The number of hydrogen-bond donors (Lipinski definition) is 0. The van der Waals surface area contributed by atoms with Gasteiger partial charge in [-0.2, -0.15) is 0 Å². The summed E-state index contributed by atoms with van der Waals surface area (Å²) >= 11 is 0. The smallest absolute Gasteiger partial charge is 0.0234 e. The fourth-order valence-corrected chi connectivity index (χ4v) is 2.66. The molecule has 1 fully saturated rings. The van der Waals surface area contributed by atoms with E-state index in [2.05, 4.69) is 68.5 Å². The lowest BCUT2D eigenvalue weighted by atomic mass is 9.89. The van der Waals surface area contributed by atoms with Gasteiger partial charge in [-0.15, -0.1) is 0 Å². The van der Waals surface area contributed by atoms with Gasteiger partial charge in [0, 0.05) is 0 Å². The maximum absolute atomic E-state index is 2.36. The van der Waals surface area contributed by atoms with Gasteiger partial charge in [0.05, 0.1) is 0 Å². The van der Waals surface area contributed by atoms with Crippen LogP contribution in [-0.4, -0.2) is 0 Å². The van der Waals surface area contributed by atoms with Gasteiger partial charge < -0.3 is 0 Å². The van der Waals surface area contributed by atoms with Crippen LogP contribution in [0.15, 0.2) is 66.8 Å². The van der Waals surface area contributed by atoms with Crippen molar-refractivity contribution in [2.45, 2.75) is 80.1 Å². The van der Waals surface area contributed by atoms with Crippen molar-refractivity contribution in [3.05, 3.63) is 72.4 Å². The van der Waals surface area contributed by atoms with Crippen molar-refractivity contribution >= 4 is 0 Å². The monoisotopic (exact) mass is 342 g/mol. The summed E-state index contributed by atoms with van der Waals surface area (Å²) in [6, 6.07) is 10.6. The molecule has 0 N–H and O–H groups in total. The highest BCUT2D eigenvalue weighted by molar-refractivity contribution is 5.15. The average molecular weight is 343 g/mol. The average Bonchev–Trinajstić information content (AvgIpc) is 2.65. The van der Waals surface area contributed by atoms with E-state index in [-0.39, 0.29) is 7.43 Å². The van der Waals surface area contributed by atoms with E-state index >= 15 is 0 Å². The second-order valence-corrected chi connectivity index (χ2v) is 6.18. The van der Waals surface area contributed by atoms with Crippen molar-refractivity contribution in [3.63, 3.8) is 0 Å². The molecule has 2 rings (SSSR count). The molecule has 0 spiro atoms. The van der Waals surface area contributed by atoms with Crippen molar-refractivity contribution in [2.24, 2.45) is 5.92 Å². The Hall–Kier alpha value is -1.56. The van der Waals surface area contributed by atoms with E-state index in [9.17, 15) is 0 Å². The molecule has 142 valence electrons. The molecular weight excluding hydrogens is 300 g/mol. The first-order valence-corrected chi connectivity index (χ1v) is 9.63. The van der Waals surface area contributed by atoms with Crippen LogP contribution < -0.4 is 0 Å². The fourth-order valence-electron chi connectivity index (χ4n) is 2.66. The maximum atomic E-state index is 2.36. The summed E-state index contributed by atoms with van der Waals surface area (Å²) in [7, 11) is 0. The topological polar surface area (TPSA) is 0 Å². The van der Waals surface area contributed by atoms with E-state index < -0.39 is 0 Å². The molecule has 0 amide bonds. The minimum atomic E-state index is 0. The van der Waals surface area contributed by atoms with E-state index in [1.165, 1.54) is 37.7 Å². The first-order valence-electron chi connectivity index (χ1n) is 9.63. The van der Waals surface area contributed by atoms with Crippen molar-refractivity contribution in [1.82, 2.24) is 0 Å². The lowest BCUT2D eigenvalue weighted by Crippen LogP contribution is -2.01. The molecule has 25 heavy (non-hydrogen) atoms. The van der Waals surface area contributed by atoms with Crippen LogP contribution in [0.1, 0.15) is 79.2 Å². The molecule has 0 heteroatoms. The van der Waals surface area contributed by atoms with E-state index in [1.807, 2.05) is 26.0 Å². The summed E-state index contributed by atoms with van der Waals surface area (Å²) in [6.07, 6.45) is 22.4. The Kier molecular flexibility index (Phi) is 21.0. The maximum Gasteiger partial charge on any atom is -0.0234 e. The minimum absolute atomic E-state index is 0. The molecule has 0 saturated heterocycles. The van der Waals surface area contributed by atoms with Gasteiger partial charge in [-0.25, -0.2) is 0 Å². The molecule has 0 aromatic heterocycles. The quantitative estimate of drug-likeness (QED) is 0.481. The number of aryl methyl sites for hydroxylation is 1. The summed E-state index contributed by atoms with van der Waals surface area (Å²) in [5.41, 5.74) is 1.42. The van der Waals surface area contributed by atoms with Gasteiger partial charge in [0.15, 0.2) is 0 Å². The molecule has 0 aliphatic heterocycles. The predicted molar refractivity (Wildman–Crippen MR) is 118 cm³/mol. The van der Waals surface area contributed by atoms with Crippen molar-refractivity contribution in [2.75, 3.05) is 0 Å². The van der Waals surface area contributed by atoms with Crippen LogP contribution in [0.4, 0.5) is 0 Å². The van der Waals surface area contributed by atoms with Crippen molar-refractivity contribution in [3.8, 4) is 0 Å². The first kappa shape index (κ1) is 25.7. The third-order valence-corrected chi connectivity index (χ3v) is 4.13. The first-order chi connectivity index (χ1) is 11.8. The van der Waals surface area contributed by atoms with Gasteiger partial charge in [-0.3, -0.25) is 0 Å². The molecular formula is C25H42. The SMILES string of the molecule is C.CC=CC.CC=CC1CCCCC1.CC=CCCc1ccccc1. The Morgan fingerprint density at radius 1 is 0.800 bits per heavy atom. The summed E-state index contributed by atoms with van der Waals surface area (Å²) in [6.45, 7) is 8.18.